The van der Waals surface area contributed by atoms with Crippen molar-refractivity contribution in [2.24, 2.45) is 5.92 Å². The first kappa shape index (κ1) is 41.1. The van der Waals surface area contributed by atoms with Crippen LogP contribution in [0.25, 0.3) is 11.1 Å². The van der Waals surface area contributed by atoms with Gasteiger partial charge in [0.15, 0.2) is 11.2 Å². The summed E-state index contributed by atoms with van der Waals surface area (Å²) in [5.74, 6) is -0.414. The third-order valence-electron chi connectivity index (χ3n) is 13.9. The molecule has 3 fully saturated rings. The van der Waals surface area contributed by atoms with Gasteiger partial charge in [0.2, 0.25) is 11.8 Å². The van der Waals surface area contributed by atoms with E-state index in [1.54, 1.807) is 24.0 Å². The lowest BCUT2D eigenvalue weighted by molar-refractivity contribution is -0.133. The number of hydrogen-bond donors (Lipinski definition) is 3. The van der Waals surface area contributed by atoms with Crippen molar-refractivity contribution >= 4 is 51.5 Å². The van der Waals surface area contributed by atoms with Crippen molar-refractivity contribution in [3.05, 3.63) is 112 Å². The number of aryl methyl sites for hydroxylation is 1. The summed E-state index contributed by atoms with van der Waals surface area (Å²) < 4.78 is 18.0. The quantitative estimate of drug-likeness (QED) is 0.112. The smallest absolute Gasteiger partial charge is 0.255 e. The van der Waals surface area contributed by atoms with Crippen LogP contribution in [0.1, 0.15) is 96.2 Å². The van der Waals surface area contributed by atoms with E-state index in [-0.39, 0.29) is 30.0 Å². The average Bonchev–Trinajstić information content (AvgIpc) is 4.13. The van der Waals surface area contributed by atoms with Crippen LogP contribution in [0.4, 0.5) is 20.9 Å². The molecular formula is C48H52FN9O4S. The normalized spacial score (nSPS) is 21.9. The largest absolute Gasteiger partial charge is 0.374 e. The minimum absolute atomic E-state index is 0.0278. The molecule has 5 aromatic rings. The van der Waals surface area contributed by atoms with Crippen molar-refractivity contribution in [3.8, 4) is 11.1 Å². The fraction of sp³-hybridized carbons (Fsp3) is 0.417. The second-order valence-electron chi connectivity index (χ2n) is 17.7. The summed E-state index contributed by atoms with van der Waals surface area (Å²) >= 11 is 1.29. The van der Waals surface area contributed by atoms with E-state index in [4.69, 9.17) is 0 Å². The third-order valence-corrected chi connectivity index (χ3v) is 14.6. The van der Waals surface area contributed by atoms with Crippen LogP contribution in [0.3, 0.4) is 0 Å². The molecule has 2 unspecified atom stereocenters. The van der Waals surface area contributed by atoms with Crippen molar-refractivity contribution in [1.82, 2.24) is 29.7 Å². The number of piperidine rings is 1. The Morgan fingerprint density at radius 1 is 0.889 bits per heavy atom. The highest BCUT2D eigenvalue weighted by Gasteiger charge is 2.42. The number of rotatable bonds is 12. The van der Waals surface area contributed by atoms with E-state index in [0.29, 0.717) is 40.7 Å². The second kappa shape index (κ2) is 17.7. The molecule has 1 saturated carbocycles. The van der Waals surface area contributed by atoms with E-state index in [2.05, 4.69) is 72.1 Å². The molecule has 0 bridgehead atoms. The summed E-state index contributed by atoms with van der Waals surface area (Å²) in [6, 6.07) is 18.5. The summed E-state index contributed by atoms with van der Waals surface area (Å²) in [6.45, 7) is 5.80. The molecule has 2 saturated heterocycles. The topological polar surface area (TPSA) is 145 Å². The number of piperazine rings is 1. The predicted molar refractivity (Wildman–Crippen MR) is 240 cm³/mol. The first-order valence-electron chi connectivity index (χ1n) is 22.4. The van der Waals surface area contributed by atoms with Gasteiger partial charge in [-0.25, -0.2) is 14.4 Å². The number of carbonyl (C=O) groups excluding carboxylic acids is 4. The SMILES string of the molecule is O=C1CCC(Nc2ccc(C3CCC(CCN4CCN(c5ccc(-c6cc(F)c7c(c6)C(=O)N(C(C(=O)Nc6nccs6)c6ncn8c6CCC8)C7)cc5)CC4)CC3)cc2)C(=O)N1. The highest BCUT2D eigenvalue weighted by Crippen LogP contribution is 2.40. The number of benzene rings is 3. The van der Waals surface area contributed by atoms with Crippen LogP contribution in [-0.4, -0.2) is 86.7 Å². The van der Waals surface area contributed by atoms with Gasteiger partial charge in [0.25, 0.3) is 11.8 Å². The lowest BCUT2D eigenvalue weighted by atomic mass is 9.77. The van der Waals surface area contributed by atoms with Crippen LogP contribution in [-0.2, 0) is 33.9 Å². The van der Waals surface area contributed by atoms with E-state index in [9.17, 15) is 19.2 Å². The Bertz CT molecular complexity index is 2490. The van der Waals surface area contributed by atoms with Gasteiger partial charge in [0, 0.05) is 78.9 Å². The molecule has 2 atom stereocenters. The number of fused-ring (bicyclic) bond motifs is 2. The number of imidazole rings is 1. The molecule has 326 valence electrons. The van der Waals surface area contributed by atoms with Crippen molar-refractivity contribution in [2.75, 3.05) is 48.3 Å². The average molecular weight is 870 g/mol. The van der Waals surface area contributed by atoms with Gasteiger partial charge in [-0.05, 0) is 123 Å². The summed E-state index contributed by atoms with van der Waals surface area (Å²) in [6.07, 6.45) is 12.0. The summed E-state index contributed by atoms with van der Waals surface area (Å²) in [7, 11) is 0. The summed E-state index contributed by atoms with van der Waals surface area (Å²) in [4.78, 5) is 66.9. The maximum atomic E-state index is 15.9. The zero-order chi connectivity index (χ0) is 43.0. The molecule has 3 aromatic carbocycles. The molecule has 0 radical (unpaired) electrons. The second-order valence-corrected chi connectivity index (χ2v) is 18.6. The number of hydrogen-bond acceptors (Lipinski definition) is 10. The van der Waals surface area contributed by atoms with Crippen LogP contribution < -0.4 is 20.9 Å². The number of amides is 4. The molecule has 10 rings (SSSR count). The third kappa shape index (κ3) is 8.60. The Hall–Kier alpha value is -5.93. The van der Waals surface area contributed by atoms with Crippen molar-refractivity contribution in [2.45, 2.75) is 88.9 Å². The van der Waals surface area contributed by atoms with Crippen LogP contribution in [0.5, 0.6) is 0 Å². The number of halogens is 1. The van der Waals surface area contributed by atoms with E-state index >= 15 is 4.39 Å². The summed E-state index contributed by atoms with van der Waals surface area (Å²) in [5.41, 5.74) is 6.87. The van der Waals surface area contributed by atoms with E-state index < -0.39 is 23.7 Å². The van der Waals surface area contributed by atoms with Gasteiger partial charge < -0.3 is 19.7 Å². The maximum Gasteiger partial charge on any atom is 0.255 e. The minimum Gasteiger partial charge on any atom is -0.374 e. The molecule has 6 heterocycles. The molecule has 4 amide bonds. The number of thiazole rings is 1. The van der Waals surface area contributed by atoms with Crippen molar-refractivity contribution in [1.29, 1.82) is 0 Å². The zero-order valence-corrected chi connectivity index (χ0v) is 36.0. The van der Waals surface area contributed by atoms with Gasteiger partial charge in [0.05, 0.1) is 18.6 Å². The molecule has 1 aliphatic carbocycles. The highest BCUT2D eigenvalue weighted by molar-refractivity contribution is 7.13. The molecule has 2 aromatic heterocycles. The molecule has 15 heteroatoms. The van der Waals surface area contributed by atoms with E-state index in [1.165, 1.54) is 60.0 Å². The lowest BCUT2D eigenvalue weighted by Crippen LogP contribution is -2.47. The molecular weight excluding hydrogens is 818 g/mol. The lowest BCUT2D eigenvalue weighted by Gasteiger charge is -2.37. The number of imide groups is 1. The number of nitrogens with one attached hydrogen (secondary N) is 3. The molecule has 63 heavy (non-hydrogen) atoms. The van der Waals surface area contributed by atoms with Gasteiger partial charge in [-0.15, -0.1) is 11.3 Å². The van der Waals surface area contributed by atoms with E-state index in [0.717, 1.165) is 80.7 Å². The zero-order valence-electron chi connectivity index (χ0n) is 35.2. The monoisotopic (exact) mass is 869 g/mol. The number of carbonyl (C=O) groups is 4. The Morgan fingerprint density at radius 3 is 2.43 bits per heavy atom. The number of aromatic nitrogens is 3. The summed E-state index contributed by atoms with van der Waals surface area (Å²) in [5, 5.41) is 10.8. The van der Waals surface area contributed by atoms with Gasteiger partial charge in [0.1, 0.15) is 11.9 Å². The Kier molecular flexibility index (Phi) is 11.5. The Morgan fingerprint density at radius 2 is 1.68 bits per heavy atom. The molecule has 13 nitrogen and oxygen atoms in total. The van der Waals surface area contributed by atoms with Crippen molar-refractivity contribution in [3.63, 3.8) is 0 Å². The Balaban J connectivity index is 0.710. The van der Waals surface area contributed by atoms with Crippen LogP contribution >= 0.6 is 11.3 Å². The minimum atomic E-state index is -1.03. The number of nitrogens with zero attached hydrogens (tertiary/aromatic N) is 6. The Labute approximate surface area is 370 Å². The molecule has 4 aliphatic heterocycles. The molecule has 3 N–H and O–H groups in total. The molecule has 0 spiro atoms. The van der Waals surface area contributed by atoms with E-state index in [1.807, 2.05) is 16.7 Å². The van der Waals surface area contributed by atoms with Gasteiger partial charge in [-0.1, -0.05) is 24.3 Å². The highest BCUT2D eigenvalue weighted by atomic mass is 32.1. The maximum absolute atomic E-state index is 15.9. The van der Waals surface area contributed by atoms with Gasteiger partial charge >= 0.3 is 0 Å². The van der Waals surface area contributed by atoms with Crippen LogP contribution in [0, 0.1) is 11.7 Å². The van der Waals surface area contributed by atoms with Gasteiger partial charge in [-0.2, -0.15) is 0 Å². The fourth-order valence-electron chi connectivity index (χ4n) is 10.3. The predicted octanol–water partition coefficient (Wildman–Crippen LogP) is 7.13. The van der Waals surface area contributed by atoms with Crippen molar-refractivity contribution < 1.29 is 23.6 Å². The standard InChI is InChI=1S/C48H52FN9O4S/c49-39-27-34(26-37-38(39)28-58(47(37)62)44(46(61)54-48-50-18-25-63-48)43-41-2-1-19-57(41)29-51-43)33-9-13-36(14-10-33)56-23-21-55(22-24-56)20-17-30-3-5-31(6-4-30)32-7-11-35(12-8-32)52-40-15-16-42(59)53-45(40)60/h7-14,18,25-27,29-31,40,44,52H,1-6,15-17,19-24,28H2,(H,50,54,61)(H,53,59,60). The van der Waals surface area contributed by atoms with Gasteiger partial charge in [-0.3, -0.25) is 34.7 Å². The molecule has 5 aliphatic rings. The first-order valence-corrected chi connectivity index (χ1v) is 23.3. The van der Waals surface area contributed by atoms with Crippen LogP contribution in [0.2, 0.25) is 0 Å². The first-order chi connectivity index (χ1) is 30.7. The van der Waals surface area contributed by atoms with Crippen LogP contribution in [0.15, 0.2) is 78.6 Å². The number of anilines is 3. The fourth-order valence-corrected chi connectivity index (χ4v) is 10.8.